The zero-order chi connectivity index (χ0) is 15.1. The molecule has 0 radical (unpaired) electrons. The number of hydrogen-bond donors (Lipinski definition) is 0. The van der Waals surface area contributed by atoms with E-state index in [0.29, 0.717) is 18.1 Å². The first kappa shape index (κ1) is 15.2. The maximum Gasteiger partial charge on any atom is 0.213 e. The highest BCUT2D eigenvalue weighted by Crippen LogP contribution is 2.21. The summed E-state index contributed by atoms with van der Waals surface area (Å²) in [6.45, 7) is 1.65. The highest BCUT2D eigenvalue weighted by atomic mass is 16.5. The minimum Gasteiger partial charge on any atom is -0.478 e. The van der Waals surface area contributed by atoms with Gasteiger partial charge in [0.2, 0.25) is 5.88 Å². The fraction of sp³-hybridized carbons (Fsp3) is 0.294. The maximum absolute atomic E-state index is 10.8. The van der Waals surface area contributed by atoms with E-state index >= 15 is 0 Å². The van der Waals surface area contributed by atoms with Crippen molar-refractivity contribution in [2.24, 2.45) is 0 Å². The lowest BCUT2D eigenvalue weighted by molar-refractivity contribution is 0.112. The Hall–Kier alpha value is -2.20. The third-order valence-corrected chi connectivity index (χ3v) is 3.09. The molecule has 0 atom stereocenters. The summed E-state index contributed by atoms with van der Waals surface area (Å²) in [5.74, 6) is 0.629. The smallest absolute Gasteiger partial charge is 0.213 e. The molecule has 110 valence electrons. The van der Waals surface area contributed by atoms with Crippen LogP contribution >= 0.6 is 0 Å². The summed E-state index contributed by atoms with van der Waals surface area (Å²) in [6, 6.07) is 11.3. The number of carbonyl (C=O) groups is 1. The van der Waals surface area contributed by atoms with E-state index in [-0.39, 0.29) is 0 Å². The van der Waals surface area contributed by atoms with E-state index in [4.69, 9.17) is 4.74 Å². The molecule has 4 heteroatoms. The van der Waals surface area contributed by atoms with Gasteiger partial charge in [0.1, 0.15) is 6.29 Å². The number of benzene rings is 1. The van der Waals surface area contributed by atoms with Crippen LogP contribution in [-0.2, 0) is 0 Å². The molecule has 4 nitrogen and oxygen atoms in total. The van der Waals surface area contributed by atoms with Crippen LogP contribution in [0.4, 0.5) is 0 Å². The predicted molar refractivity (Wildman–Crippen MR) is 83.7 cm³/mol. The van der Waals surface area contributed by atoms with E-state index in [0.717, 1.165) is 30.4 Å². The first-order chi connectivity index (χ1) is 10.2. The number of hydrogen-bond acceptors (Lipinski definition) is 4. The number of rotatable bonds is 7. The SMILES string of the molecule is CN(C)CCCOc1ccc(-c2cccc(C=O)c2)cn1. The topological polar surface area (TPSA) is 42.4 Å². The van der Waals surface area contributed by atoms with Gasteiger partial charge in [-0.2, -0.15) is 0 Å². The van der Waals surface area contributed by atoms with E-state index < -0.39 is 0 Å². The lowest BCUT2D eigenvalue weighted by Gasteiger charge is -2.10. The van der Waals surface area contributed by atoms with Gasteiger partial charge in [-0.3, -0.25) is 4.79 Å². The molecule has 0 fully saturated rings. The molecule has 0 unspecified atom stereocenters. The van der Waals surface area contributed by atoms with Crippen molar-refractivity contribution in [3.8, 4) is 17.0 Å². The predicted octanol–water partition coefficient (Wildman–Crippen LogP) is 2.89. The van der Waals surface area contributed by atoms with Crippen LogP contribution in [0.5, 0.6) is 5.88 Å². The number of ether oxygens (including phenoxy) is 1. The third-order valence-electron chi connectivity index (χ3n) is 3.09. The Balaban J connectivity index is 1.96. The number of carbonyl (C=O) groups excluding carboxylic acids is 1. The van der Waals surface area contributed by atoms with Crippen LogP contribution in [0.15, 0.2) is 42.6 Å². The zero-order valence-electron chi connectivity index (χ0n) is 12.5. The number of aromatic nitrogens is 1. The molecule has 0 bridgehead atoms. The Morgan fingerprint density at radius 1 is 1.19 bits per heavy atom. The summed E-state index contributed by atoms with van der Waals surface area (Å²) in [5, 5.41) is 0. The minimum atomic E-state index is 0.629. The van der Waals surface area contributed by atoms with Crippen molar-refractivity contribution in [2.75, 3.05) is 27.2 Å². The third kappa shape index (κ3) is 4.68. The molecule has 0 amide bonds. The summed E-state index contributed by atoms with van der Waals surface area (Å²) >= 11 is 0. The molecule has 1 heterocycles. The summed E-state index contributed by atoms with van der Waals surface area (Å²) in [6.07, 6.45) is 3.59. The van der Waals surface area contributed by atoms with Crippen LogP contribution in [-0.4, -0.2) is 43.4 Å². The maximum atomic E-state index is 10.8. The fourth-order valence-electron chi connectivity index (χ4n) is 1.99. The van der Waals surface area contributed by atoms with Crippen LogP contribution in [0, 0.1) is 0 Å². The molecule has 2 rings (SSSR count). The minimum absolute atomic E-state index is 0.629. The lowest BCUT2D eigenvalue weighted by Crippen LogP contribution is -2.15. The molecule has 0 aliphatic rings. The summed E-state index contributed by atoms with van der Waals surface area (Å²) < 4.78 is 5.60. The molecule has 0 N–H and O–H groups in total. The van der Waals surface area contributed by atoms with Gasteiger partial charge in [0.25, 0.3) is 0 Å². The van der Waals surface area contributed by atoms with Crippen molar-refractivity contribution in [1.29, 1.82) is 0 Å². The van der Waals surface area contributed by atoms with Gasteiger partial charge in [-0.1, -0.05) is 18.2 Å². The van der Waals surface area contributed by atoms with Gasteiger partial charge >= 0.3 is 0 Å². The number of aldehydes is 1. The van der Waals surface area contributed by atoms with Gasteiger partial charge < -0.3 is 9.64 Å². The monoisotopic (exact) mass is 284 g/mol. The van der Waals surface area contributed by atoms with Crippen LogP contribution in [0.1, 0.15) is 16.8 Å². The second-order valence-corrected chi connectivity index (χ2v) is 5.13. The zero-order valence-corrected chi connectivity index (χ0v) is 12.5. The van der Waals surface area contributed by atoms with Gasteiger partial charge in [0.15, 0.2) is 0 Å². The van der Waals surface area contributed by atoms with Crippen molar-refractivity contribution in [3.05, 3.63) is 48.2 Å². The number of pyridine rings is 1. The van der Waals surface area contributed by atoms with Gasteiger partial charge in [-0.15, -0.1) is 0 Å². The van der Waals surface area contributed by atoms with Crippen molar-refractivity contribution in [3.63, 3.8) is 0 Å². The first-order valence-electron chi connectivity index (χ1n) is 6.98. The highest BCUT2D eigenvalue weighted by molar-refractivity contribution is 5.78. The number of nitrogens with zero attached hydrogens (tertiary/aromatic N) is 2. The molecule has 0 saturated carbocycles. The summed E-state index contributed by atoms with van der Waals surface area (Å²) in [4.78, 5) is 17.2. The van der Waals surface area contributed by atoms with E-state index in [1.807, 2.05) is 44.4 Å². The molecule has 0 aliphatic heterocycles. The molecule has 1 aromatic heterocycles. The van der Waals surface area contributed by atoms with Gasteiger partial charge in [0.05, 0.1) is 6.61 Å². The largest absolute Gasteiger partial charge is 0.478 e. The Kier molecular flexibility index (Phi) is 5.46. The normalized spacial score (nSPS) is 10.6. The van der Waals surface area contributed by atoms with E-state index in [9.17, 15) is 4.79 Å². The summed E-state index contributed by atoms with van der Waals surface area (Å²) in [5.41, 5.74) is 2.61. The first-order valence-corrected chi connectivity index (χ1v) is 6.98. The molecular formula is C17H20N2O2. The van der Waals surface area contributed by atoms with E-state index in [1.54, 1.807) is 12.3 Å². The Morgan fingerprint density at radius 2 is 2.05 bits per heavy atom. The molecule has 0 saturated heterocycles. The second-order valence-electron chi connectivity index (χ2n) is 5.13. The molecule has 21 heavy (non-hydrogen) atoms. The molecule has 0 aliphatic carbocycles. The second kappa shape index (κ2) is 7.55. The van der Waals surface area contributed by atoms with Gasteiger partial charge in [0, 0.05) is 29.9 Å². The average Bonchev–Trinajstić information content (AvgIpc) is 2.52. The molecule has 1 aromatic carbocycles. The standard InChI is InChI=1S/C17H20N2O2/c1-19(2)9-4-10-21-17-8-7-16(12-18-17)15-6-3-5-14(11-15)13-20/h3,5-8,11-13H,4,9-10H2,1-2H3. The van der Waals surface area contributed by atoms with Crippen LogP contribution in [0.2, 0.25) is 0 Å². The molecule has 2 aromatic rings. The van der Waals surface area contributed by atoms with Crippen molar-refractivity contribution < 1.29 is 9.53 Å². The van der Waals surface area contributed by atoms with Crippen molar-refractivity contribution >= 4 is 6.29 Å². The Labute approximate surface area is 125 Å². The highest BCUT2D eigenvalue weighted by Gasteiger charge is 2.01. The summed E-state index contributed by atoms with van der Waals surface area (Å²) in [7, 11) is 4.08. The lowest BCUT2D eigenvalue weighted by atomic mass is 10.1. The van der Waals surface area contributed by atoms with Crippen molar-refractivity contribution in [1.82, 2.24) is 9.88 Å². The van der Waals surface area contributed by atoms with Crippen LogP contribution in [0.3, 0.4) is 0 Å². The fourth-order valence-corrected chi connectivity index (χ4v) is 1.99. The van der Waals surface area contributed by atoms with Crippen LogP contribution in [0.25, 0.3) is 11.1 Å². The van der Waals surface area contributed by atoms with Gasteiger partial charge in [-0.25, -0.2) is 4.98 Å². The van der Waals surface area contributed by atoms with E-state index in [1.165, 1.54) is 0 Å². The quantitative estimate of drug-likeness (QED) is 0.579. The van der Waals surface area contributed by atoms with Crippen LogP contribution < -0.4 is 4.74 Å². The molecular weight excluding hydrogens is 264 g/mol. The van der Waals surface area contributed by atoms with Crippen molar-refractivity contribution in [2.45, 2.75) is 6.42 Å². The van der Waals surface area contributed by atoms with Gasteiger partial charge in [-0.05, 0) is 38.2 Å². The van der Waals surface area contributed by atoms with E-state index in [2.05, 4.69) is 9.88 Å². The molecule has 0 spiro atoms. The Morgan fingerprint density at radius 3 is 2.71 bits per heavy atom. The average molecular weight is 284 g/mol. The Bertz CT molecular complexity index is 580.